The molecule has 1 aliphatic rings. The van der Waals surface area contributed by atoms with Crippen molar-refractivity contribution in [3.05, 3.63) is 57.5 Å². The van der Waals surface area contributed by atoms with Gasteiger partial charge in [-0.15, -0.1) is 0 Å². The molecular formula is C23H30N6O2. The van der Waals surface area contributed by atoms with Gasteiger partial charge in [-0.25, -0.2) is 4.98 Å². The maximum absolute atomic E-state index is 13.0. The standard InChI is InChI=1S/C23H30N6O2/c1-3-18-11-7-8-14-28(18)20(30)13-12-19-16(2)25-23-26-22(27-29(23)21(19)31)24-15-17-9-5-4-6-10-17/h4-6,9-10,18H,3,7-8,11-15H2,1-2H3,(H2,24,25,26,27)/t18-/m0/s1. The Bertz CT molecular complexity index is 1100. The van der Waals surface area contributed by atoms with Crippen LogP contribution in [-0.4, -0.2) is 43.0 Å². The maximum Gasteiger partial charge on any atom is 0.277 e. The fourth-order valence-electron chi connectivity index (χ4n) is 4.33. The molecule has 3 aromatic rings. The summed E-state index contributed by atoms with van der Waals surface area (Å²) in [7, 11) is 0. The molecule has 2 aromatic heterocycles. The molecule has 1 aromatic carbocycles. The Labute approximate surface area is 181 Å². The van der Waals surface area contributed by atoms with Crippen LogP contribution in [0.2, 0.25) is 0 Å². The Hall–Kier alpha value is -3.16. The first-order valence-corrected chi connectivity index (χ1v) is 11.1. The van der Waals surface area contributed by atoms with Crippen LogP contribution in [0.25, 0.3) is 5.78 Å². The van der Waals surface area contributed by atoms with E-state index in [0.29, 0.717) is 48.4 Å². The molecule has 1 fully saturated rings. The lowest BCUT2D eigenvalue weighted by molar-refractivity contribution is -0.134. The third-order valence-corrected chi connectivity index (χ3v) is 6.11. The van der Waals surface area contributed by atoms with Crippen molar-refractivity contribution >= 4 is 17.6 Å². The summed E-state index contributed by atoms with van der Waals surface area (Å²) >= 11 is 0. The van der Waals surface area contributed by atoms with E-state index in [-0.39, 0.29) is 11.5 Å². The van der Waals surface area contributed by atoms with Crippen LogP contribution in [0.4, 0.5) is 5.95 Å². The van der Waals surface area contributed by atoms with Crippen molar-refractivity contribution in [2.24, 2.45) is 0 Å². The molecule has 164 valence electrons. The molecule has 1 saturated heterocycles. The number of fused-ring (bicyclic) bond motifs is 1. The number of nitrogens with zero attached hydrogens (tertiary/aromatic N) is 4. The molecule has 31 heavy (non-hydrogen) atoms. The number of amides is 1. The second-order valence-electron chi connectivity index (χ2n) is 8.17. The highest BCUT2D eigenvalue weighted by Gasteiger charge is 2.25. The third kappa shape index (κ3) is 4.62. The number of carbonyl (C=O) groups is 1. The number of aromatic amines is 1. The summed E-state index contributed by atoms with van der Waals surface area (Å²) in [5, 5.41) is 6.19. The van der Waals surface area contributed by atoms with Gasteiger partial charge in [0.05, 0.1) is 5.69 Å². The fraction of sp³-hybridized carbons (Fsp3) is 0.478. The summed E-state index contributed by atoms with van der Waals surface area (Å²) in [5.74, 6) is 0.945. The van der Waals surface area contributed by atoms with Crippen molar-refractivity contribution < 1.29 is 4.79 Å². The minimum absolute atomic E-state index is 0.130. The molecule has 8 heteroatoms. The number of anilines is 1. The van der Waals surface area contributed by atoms with Crippen molar-refractivity contribution in [2.45, 2.75) is 65.0 Å². The van der Waals surface area contributed by atoms with Crippen molar-refractivity contribution in [1.82, 2.24) is 24.5 Å². The molecular weight excluding hydrogens is 392 g/mol. The molecule has 0 bridgehead atoms. The number of aromatic nitrogens is 4. The lowest BCUT2D eigenvalue weighted by Gasteiger charge is -2.35. The first kappa shape index (κ1) is 21.1. The molecule has 4 rings (SSSR count). The summed E-state index contributed by atoms with van der Waals surface area (Å²) in [6.45, 7) is 5.35. The Morgan fingerprint density at radius 3 is 2.81 bits per heavy atom. The number of nitrogens with one attached hydrogen (secondary N) is 2. The van der Waals surface area contributed by atoms with E-state index in [1.54, 1.807) is 0 Å². The lowest BCUT2D eigenvalue weighted by Crippen LogP contribution is -2.43. The predicted molar refractivity (Wildman–Crippen MR) is 120 cm³/mol. The second-order valence-corrected chi connectivity index (χ2v) is 8.17. The number of likely N-dealkylation sites (tertiary alicyclic amines) is 1. The van der Waals surface area contributed by atoms with Crippen LogP contribution in [0.5, 0.6) is 0 Å². The van der Waals surface area contributed by atoms with E-state index in [0.717, 1.165) is 31.4 Å². The van der Waals surface area contributed by atoms with E-state index in [9.17, 15) is 9.59 Å². The molecule has 1 atom stereocenters. The number of piperidine rings is 1. The van der Waals surface area contributed by atoms with Gasteiger partial charge in [0.25, 0.3) is 11.3 Å². The molecule has 0 radical (unpaired) electrons. The largest absolute Gasteiger partial charge is 0.351 e. The SMILES string of the molecule is CC[C@H]1CCCCN1C(=O)CCc1c(C)nc2nc(NCc3ccccc3)[nH]n2c1=O. The number of benzene rings is 1. The van der Waals surface area contributed by atoms with Gasteiger partial charge in [-0.1, -0.05) is 37.3 Å². The minimum Gasteiger partial charge on any atom is -0.351 e. The zero-order chi connectivity index (χ0) is 21.8. The van der Waals surface area contributed by atoms with Gasteiger partial charge in [-0.05, 0) is 44.6 Å². The van der Waals surface area contributed by atoms with E-state index < -0.39 is 0 Å². The van der Waals surface area contributed by atoms with Gasteiger partial charge >= 0.3 is 0 Å². The highest BCUT2D eigenvalue weighted by molar-refractivity contribution is 5.77. The zero-order valence-corrected chi connectivity index (χ0v) is 18.2. The summed E-state index contributed by atoms with van der Waals surface area (Å²) < 4.78 is 1.36. The number of hydrogen-bond acceptors (Lipinski definition) is 5. The topological polar surface area (TPSA) is 95.4 Å². The second kappa shape index (κ2) is 9.32. The van der Waals surface area contributed by atoms with Crippen molar-refractivity contribution in [1.29, 1.82) is 0 Å². The van der Waals surface area contributed by atoms with E-state index in [2.05, 4.69) is 27.3 Å². The minimum atomic E-state index is -0.193. The number of rotatable bonds is 7. The van der Waals surface area contributed by atoms with Crippen LogP contribution in [-0.2, 0) is 17.8 Å². The van der Waals surface area contributed by atoms with Crippen LogP contribution in [0.3, 0.4) is 0 Å². The predicted octanol–water partition coefficient (Wildman–Crippen LogP) is 3.06. The van der Waals surface area contributed by atoms with E-state index >= 15 is 0 Å². The monoisotopic (exact) mass is 422 g/mol. The number of hydrogen-bond donors (Lipinski definition) is 2. The van der Waals surface area contributed by atoms with Crippen LogP contribution in [0, 0.1) is 6.92 Å². The fourth-order valence-corrected chi connectivity index (χ4v) is 4.33. The van der Waals surface area contributed by atoms with Gasteiger partial charge in [0.1, 0.15) is 0 Å². The highest BCUT2D eigenvalue weighted by Crippen LogP contribution is 2.21. The van der Waals surface area contributed by atoms with Crippen molar-refractivity contribution in [2.75, 3.05) is 11.9 Å². The molecule has 0 saturated carbocycles. The molecule has 8 nitrogen and oxygen atoms in total. The molecule has 1 aliphatic heterocycles. The molecule has 2 N–H and O–H groups in total. The average molecular weight is 423 g/mol. The molecule has 0 unspecified atom stereocenters. The Balaban J connectivity index is 1.48. The summed E-state index contributed by atoms with van der Waals surface area (Å²) in [6, 6.07) is 10.3. The Morgan fingerprint density at radius 1 is 1.23 bits per heavy atom. The van der Waals surface area contributed by atoms with Crippen molar-refractivity contribution in [3.8, 4) is 0 Å². The van der Waals surface area contributed by atoms with Gasteiger partial charge in [0.2, 0.25) is 11.9 Å². The van der Waals surface area contributed by atoms with E-state index in [1.165, 1.54) is 10.9 Å². The van der Waals surface area contributed by atoms with Crippen LogP contribution < -0.4 is 10.9 Å². The van der Waals surface area contributed by atoms with Gasteiger partial charge < -0.3 is 10.2 Å². The number of aryl methyl sites for hydroxylation is 1. The van der Waals surface area contributed by atoms with Gasteiger partial charge in [-0.2, -0.15) is 9.50 Å². The molecule has 3 heterocycles. The summed E-state index contributed by atoms with van der Waals surface area (Å²) in [5.41, 5.74) is 2.11. The highest BCUT2D eigenvalue weighted by atomic mass is 16.2. The summed E-state index contributed by atoms with van der Waals surface area (Å²) in [6.07, 6.45) is 5.01. The molecule has 0 aliphatic carbocycles. The summed E-state index contributed by atoms with van der Waals surface area (Å²) in [4.78, 5) is 36.7. The number of H-pyrrole nitrogens is 1. The Morgan fingerprint density at radius 2 is 2.03 bits per heavy atom. The lowest BCUT2D eigenvalue weighted by atomic mass is 9.99. The first-order valence-electron chi connectivity index (χ1n) is 11.1. The van der Waals surface area contributed by atoms with Gasteiger partial charge in [0.15, 0.2) is 0 Å². The van der Waals surface area contributed by atoms with Gasteiger partial charge in [0, 0.05) is 31.1 Å². The smallest absolute Gasteiger partial charge is 0.277 e. The number of carbonyl (C=O) groups excluding carboxylic acids is 1. The average Bonchev–Trinajstić information content (AvgIpc) is 3.21. The zero-order valence-electron chi connectivity index (χ0n) is 18.2. The normalized spacial score (nSPS) is 16.6. The van der Waals surface area contributed by atoms with E-state index in [4.69, 9.17) is 0 Å². The Kier molecular flexibility index (Phi) is 6.34. The van der Waals surface area contributed by atoms with Crippen LogP contribution in [0.1, 0.15) is 55.8 Å². The molecule has 0 spiro atoms. The van der Waals surface area contributed by atoms with Crippen LogP contribution in [0.15, 0.2) is 35.1 Å². The van der Waals surface area contributed by atoms with E-state index in [1.807, 2.05) is 42.2 Å². The quantitative estimate of drug-likeness (QED) is 0.610. The third-order valence-electron chi connectivity index (χ3n) is 6.11. The van der Waals surface area contributed by atoms with Crippen LogP contribution >= 0.6 is 0 Å². The maximum atomic E-state index is 13.0. The first-order chi connectivity index (χ1) is 15.1. The van der Waals surface area contributed by atoms with Gasteiger partial charge in [-0.3, -0.25) is 14.7 Å². The van der Waals surface area contributed by atoms with Crippen molar-refractivity contribution in [3.63, 3.8) is 0 Å². The molecule has 1 amide bonds.